The highest BCUT2D eigenvalue weighted by Crippen LogP contribution is 2.69. The Bertz CT molecular complexity index is 1270. The smallest absolute Gasteiger partial charge is 0.186 e. The van der Waals surface area contributed by atoms with Gasteiger partial charge < -0.3 is 74.4 Å². The van der Waals surface area contributed by atoms with Gasteiger partial charge in [-0.15, -0.1) is 0 Å². The fraction of sp³-hybridized carbons (Fsp3) is 1.00. The molecule has 15 nitrogen and oxygen atoms in total. The number of ether oxygens (including phenoxy) is 6. The Hall–Kier alpha value is -0.600. The van der Waals surface area contributed by atoms with Gasteiger partial charge in [0.2, 0.25) is 0 Å². The molecular weight excluding hydrogens is 756 g/mol. The third kappa shape index (κ3) is 9.35. The summed E-state index contributed by atoms with van der Waals surface area (Å²) < 4.78 is 36.7. The average Bonchev–Trinajstić information content (AvgIpc) is 3.56. The first-order chi connectivity index (χ1) is 27.6. The van der Waals surface area contributed by atoms with Gasteiger partial charge >= 0.3 is 0 Å². The fourth-order valence-electron chi connectivity index (χ4n) is 12.7. The van der Waals surface area contributed by atoms with E-state index in [1.165, 1.54) is 12.8 Å². The van der Waals surface area contributed by atoms with Crippen molar-refractivity contribution in [3.8, 4) is 0 Å². The molecule has 0 spiro atoms. The Morgan fingerprint density at radius 3 is 1.76 bits per heavy atom. The van der Waals surface area contributed by atoms with Crippen molar-refractivity contribution < 1.29 is 74.4 Å². The van der Waals surface area contributed by atoms with E-state index in [-0.39, 0.29) is 73.3 Å². The van der Waals surface area contributed by atoms with E-state index in [1.54, 1.807) is 0 Å². The molecule has 21 atom stereocenters. The molecule has 9 N–H and O–H groups in total. The zero-order valence-corrected chi connectivity index (χ0v) is 35.3. The number of rotatable bonds is 17. The van der Waals surface area contributed by atoms with Crippen LogP contribution in [0.5, 0.6) is 0 Å². The van der Waals surface area contributed by atoms with E-state index in [1.807, 2.05) is 0 Å². The van der Waals surface area contributed by atoms with Crippen LogP contribution in [0.25, 0.3) is 0 Å². The van der Waals surface area contributed by atoms with E-state index < -0.39 is 74.6 Å². The molecule has 6 fully saturated rings. The van der Waals surface area contributed by atoms with Crippen molar-refractivity contribution >= 4 is 0 Å². The minimum atomic E-state index is -1.52. The van der Waals surface area contributed by atoms with Gasteiger partial charge in [-0.25, -0.2) is 0 Å². The van der Waals surface area contributed by atoms with Gasteiger partial charge in [0.15, 0.2) is 12.6 Å². The molecule has 5 unspecified atom stereocenters. The first-order valence-electron chi connectivity index (χ1n) is 22.3. The monoisotopic (exact) mass is 833 g/mol. The van der Waals surface area contributed by atoms with Crippen molar-refractivity contribution in [2.75, 3.05) is 39.6 Å². The zero-order valence-electron chi connectivity index (χ0n) is 35.3. The standard InChI is InChI=1S/C43H76O15/c1-22(2)7-6-8-23(3)26-9-10-27-33-28(19-32(43(26,27)5)54-14-16-56-41-39(52)37(50)35(48)31(21-45)58-41)42(4)12-11-25(46)17-24(42)18-29(33)53-13-15-55-40-38(51)36(49)34(47)30(20-44)57-40/h22-41,44-52H,6-21H2,1-5H3/t23-,24+,25-,26-,27+,28+,29-,30?,31?,32+,33+,34-,35-,36?,37?,38+,39?,40-,41-,42+,43-/m1/s1. The summed E-state index contributed by atoms with van der Waals surface area (Å²) in [6, 6.07) is 0. The number of fused-ring (bicyclic) bond motifs is 5. The Morgan fingerprint density at radius 2 is 1.19 bits per heavy atom. The van der Waals surface area contributed by atoms with Gasteiger partial charge in [0, 0.05) is 5.41 Å². The van der Waals surface area contributed by atoms with Gasteiger partial charge in [0.05, 0.1) is 58.0 Å². The highest BCUT2D eigenvalue weighted by molar-refractivity contribution is 5.15. The number of hydrogen-bond acceptors (Lipinski definition) is 15. The summed E-state index contributed by atoms with van der Waals surface area (Å²) in [6.07, 6.45) is -4.48. The summed E-state index contributed by atoms with van der Waals surface area (Å²) in [6.45, 7) is 11.3. The first-order valence-corrected chi connectivity index (χ1v) is 22.3. The van der Waals surface area contributed by atoms with Crippen molar-refractivity contribution in [3.05, 3.63) is 0 Å². The molecular formula is C43H76O15. The van der Waals surface area contributed by atoms with Crippen LogP contribution in [0.15, 0.2) is 0 Å². The van der Waals surface area contributed by atoms with E-state index in [0.717, 1.165) is 44.9 Å². The van der Waals surface area contributed by atoms with Crippen LogP contribution in [0.1, 0.15) is 98.8 Å². The van der Waals surface area contributed by atoms with Crippen LogP contribution in [-0.4, -0.2) is 165 Å². The summed E-state index contributed by atoms with van der Waals surface area (Å²) >= 11 is 0. The second kappa shape index (κ2) is 19.8. The molecule has 0 aromatic rings. The molecule has 0 aromatic heterocycles. The van der Waals surface area contributed by atoms with Crippen LogP contribution < -0.4 is 0 Å². The van der Waals surface area contributed by atoms with Crippen molar-refractivity contribution in [1.82, 2.24) is 0 Å². The molecule has 15 heteroatoms. The van der Waals surface area contributed by atoms with E-state index in [2.05, 4.69) is 34.6 Å². The Kier molecular flexibility index (Phi) is 16.0. The molecule has 2 aliphatic heterocycles. The minimum Gasteiger partial charge on any atom is -0.394 e. The molecule has 0 amide bonds. The van der Waals surface area contributed by atoms with Gasteiger partial charge in [-0.2, -0.15) is 0 Å². The lowest BCUT2D eigenvalue weighted by Crippen LogP contribution is -2.63. The van der Waals surface area contributed by atoms with Gasteiger partial charge in [-0.3, -0.25) is 0 Å². The Labute approximate surface area is 344 Å². The molecule has 0 radical (unpaired) electrons. The van der Waals surface area contributed by atoms with Crippen LogP contribution in [-0.2, 0) is 28.4 Å². The molecule has 2 heterocycles. The summed E-state index contributed by atoms with van der Waals surface area (Å²) in [4.78, 5) is 0. The summed E-state index contributed by atoms with van der Waals surface area (Å²) in [5, 5.41) is 92.3. The highest BCUT2D eigenvalue weighted by atomic mass is 16.7. The molecule has 0 bridgehead atoms. The molecule has 6 rings (SSSR count). The van der Waals surface area contributed by atoms with Crippen molar-refractivity contribution in [1.29, 1.82) is 0 Å². The van der Waals surface area contributed by atoms with Crippen LogP contribution >= 0.6 is 0 Å². The topological polar surface area (TPSA) is 237 Å². The Balaban J connectivity index is 1.21. The number of hydrogen-bond donors (Lipinski definition) is 9. The molecule has 6 aliphatic rings. The van der Waals surface area contributed by atoms with Crippen LogP contribution in [0.3, 0.4) is 0 Å². The van der Waals surface area contributed by atoms with Gasteiger partial charge in [0.25, 0.3) is 0 Å². The SMILES string of the molecule is CC(C)CCC[C@@H](C)[C@H]1CC[C@H]2[C@@H]3[C@H](OCCO[C@@H]4OC(CO)[C@@H](O)C(O)[C@@H]4O)C[C@@H]4C[C@H](O)CC[C@]4(C)[C@H]3C[C@H](OCCO[C@@H]3OC(CO)[C@@H](O)C(O)C3O)[C@]12C. The normalized spacial score (nSPS) is 48.7. The van der Waals surface area contributed by atoms with Crippen molar-refractivity contribution in [2.45, 2.75) is 179 Å². The van der Waals surface area contributed by atoms with Gasteiger partial charge in [-0.1, -0.05) is 53.9 Å². The quantitative estimate of drug-likeness (QED) is 0.0934. The molecule has 58 heavy (non-hydrogen) atoms. The second-order valence-corrected chi connectivity index (χ2v) is 19.6. The first kappa shape index (κ1) is 46.9. The molecule has 4 aliphatic carbocycles. The minimum absolute atomic E-state index is 0.0344. The third-order valence-corrected chi connectivity index (χ3v) is 16.0. The molecule has 338 valence electrons. The molecule has 2 saturated heterocycles. The second-order valence-electron chi connectivity index (χ2n) is 19.6. The van der Waals surface area contributed by atoms with E-state index in [4.69, 9.17) is 28.4 Å². The highest BCUT2D eigenvalue weighted by Gasteiger charge is 2.66. The van der Waals surface area contributed by atoms with Crippen molar-refractivity contribution in [3.63, 3.8) is 0 Å². The molecule has 4 saturated carbocycles. The summed E-state index contributed by atoms with van der Waals surface area (Å²) in [7, 11) is 0. The lowest BCUT2D eigenvalue weighted by molar-refractivity contribution is -0.305. The summed E-state index contributed by atoms with van der Waals surface area (Å²) in [5.74, 6) is 2.54. The summed E-state index contributed by atoms with van der Waals surface area (Å²) in [5.41, 5.74) is -0.222. The predicted octanol–water partition coefficient (Wildman–Crippen LogP) is 1.09. The zero-order chi connectivity index (χ0) is 42.1. The maximum absolute atomic E-state index is 10.9. The van der Waals surface area contributed by atoms with Crippen molar-refractivity contribution in [2.24, 2.45) is 52.3 Å². The predicted molar refractivity (Wildman–Crippen MR) is 209 cm³/mol. The van der Waals surface area contributed by atoms with Crippen LogP contribution in [0.4, 0.5) is 0 Å². The lowest BCUT2D eigenvalue weighted by atomic mass is 9.43. The maximum Gasteiger partial charge on any atom is 0.186 e. The van der Waals surface area contributed by atoms with Gasteiger partial charge in [0.1, 0.15) is 48.8 Å². The fourth-order valence-corrected chi connectivity index (χ4v) is 12.7. The van der Waals surface area contributed by atoms with Gasteiger partial charge in [-0.05, 0) is 91.8 Å². The number of aliphatic hydroxyl groups excluding tert-OH is 9. The third-order valence-electron chi connectivity index (χ3n) is 16.0. The van der Waals surface area contributed by atoms with Crippen LogP contribution in [0.2, 0.25) is 0 Å². The van der Waals surface area contributed by atoms with E-state index in [0.29, 0.717) is 30.1 Å². The molecule has 0 aromatic carbocycles. The van der Waals surface area contributed by atoms with E-state index >= 15 is 0 Å². The largest absolute Gasteiger partial charge is 0.394 e. The maximum atomic E-state index is 10.9. The average molecular weight is 833 g/mol. The number of aliphatic hydroxyl groups is 9. The lowest BCUT2D eigenvalue weighted by Gasteiger charge is -2.64. The van der Waals surface area contributed by atoms with E-state index in [9.17, 15) is 46.0 Å². The van der Waals surface area contributed by atoms with Crippen LogP contribution in [0, 0.1) is 52.3 Å². The Morgan fingerprint density at radius 1 is 0.621 bits per heavy atom.